The van der Waals surface area contributed by atoms with Crippen molar-refractivity contribution in [3.63, 3.8) is 0 Å². The summed E-state index contributed by atoms with van der Waals surface area (Å²) in [6, 6.07) is 32.9. The Morgan fingerprint density at radius 1 is 0.815 bits per heavy atom. The average Bonchev–Trinajstić information content (AvgIpc) is 3.11. The molecule has 0 radical (unpaired) electrons. The first-order valence-corrected chi connectivity index (χ1v) is 9.31. The van der Waals surface area contributed by atoms with Crippen LogP contribution in [0.25, 0.3) is 5.76 Å². The molecule has 0 N–H and O–H groups in total. The lowest BCUT2D eigenvalue weighted by atomic mass is 9.73. The van der Waals surface area contributed by atoms with Crippen LogP contribution in [-0.4, -0.2) is 0 Å². The molecule has 1 atom stereocenters. The molecule has 1 unspecified atom stereocenters. The van der Waals surface area contributed by atoms with Gasteiger partial charge in [-0.25, -0.2) is 0 Å². The molecule has 0 spiro atoms. The molecule has 1 aliphatic rings. The second-order valence-corrected chi connectivity index (χ2v) is 6.75. The van der Waals surface area contributed by atoms with Crippen molar-refractivity contribution < 1.29 is 4.74 Å². The highest BCUT2D eigenvalue weighted by atomic mass is 16.5. The maximum Gasteiger partial charge on any atom is 0.167 e. The molecule has 0 saturated carbocycles. The summed E-state index contributed by atoms with van der Waals surface area (Å²) in [4.78, 5) is 0. The lowest BCUT2D eigenvalue weighted by Crippen LogP contribution is -2.35. The van der Waals surface area contributed by atoms with Crippen LogP contribution in [0.4, 0.5) is 0 Å². The van der Waals surface area contributed by atoms with E-state index in [0.717, 1.165) is 28.7 Å². The molecule has 4 rings (SSSR count). The van der Waals surface area contributed by atoms with Gasteiger partial charge in [0.1, 0.15) is 5.76 Å². The minimum absolute atomic E-state index is 0.0532. The SMILES string of the molecule is CCC1C(C#N)=C(c2ccccc2)OC1(c1ccccc1)c1ccccc1. The number of hydrogen-bond acceptors (Lipinski definition) is 2. The van der Waals surface area contributed by atoms with Crippen LogP contribution in [0.2, 0.25) is 0 Å². The predicted molar refractivity (Wildman–Crippen MR) is 108 cm³/mol. The van der Waals surface area contributed by atoms with E-state index in [2.05, 4.69) is 37.3 Å². The zero-order valence-corrected chi connectivity index (χ0v) is 15.3. The molecule has 0 fully saturated rings. The molecule has 1 aliphatic heterocycles. The van der Waals surface area contributed by atoms with Gasteiger partial charge in [-0.3, -0.25) is 0 Å². The molecular formula is C25H21NO. The first-order valence-electron chi connectivity index (χ1n) is 9.31. The summed E-state index contributed by atoms with van der Waals surface area (Å²) in [7, 11) is 0. The summed E-state index contributed by atoms with van der Waals surface area (Å²) in [5.41, 5.74) is 3.11. The van der Waals surface area contributed by atoms with E-state index < -0.39 is 5.60 Å². The van der Waals surface area contributed by atoms with Crippen LogP contribution in [0, 0.1) is 17.2 Å². The number of benzene rings is 3. The van der Waals surface area contributed by atoms with Crippen LogP contribution >= 0.6 is 0 Å². The average molecular weight is 351 g/mol. The molecule has 2 heteroatoms. The normalized spacial score (nSPS) is 18.0. The van der Waals surface area contributed by atoms with Gasteiger partial charge in [0.2, 0.25) is 0 Å². The molecule has 0 aliphatic carbocycles. The Balaban J connectivity index is 1.97. The Kier molecular flexibility index (Phi) is 4.52. The minimum Gasteiger partial charge on any atom is -0.475 e. The molecule has 3 aromatic carbocycles. The molecule has 0 aromatic heterocycles. The van der Waals surface area contributed by atoms with Gasteiger partial charge in [-0.15, -0.1) is 0 Å². The van der Waals surface area contributed by atoms with Gasteiger partial charge in [0.05, 0.1) is 11.6 Å². The van der Waals surface area contributed by atoms with E-state index in [0.29, 0.717) is 5.76 Å². The fraction of sp³-hybridized carbons (Fsp3) is 0.160. The Labute approximate surface area is 160 Å². The zero-order valence-electron chi connectivity index (χ0n) is 15.3. The molecule has 27 heavy (non-hydrogen) atoms. The van der Waals surface area contributed by atoms with E-state index >= 15 is 0 Å². The van der Waals surface area contributed by atoms with Crippen LogP contribution in [0.15, 0.2) is 96.6 Å². The third kappa shape index (κ3) is 2.73. The van der Waals surface area contributed by atoms with Crippen molar-refractivity contribution in [1.82, 2.24) is 0 Å². The van der Waals surface area contributed by atoms with Crippen molar-refractivity contribution in [2.45, 2.75) is 18.9 Å². The van der Waals surface area contributed by atoms with Gasteiger partial charge in [-0.1, -0.05) is 97.9 Å². The fourth-order valence-electron chi connectivity index (χ4n) is 4.13. The number of hydrogen-bond donors (Lipinski definition) is 0. The molecule has 0 amide bonds. The fourth-order valence-corrected chi connectivity index (χ4v) is 4.13. The molecule has 132 valence electrons. The number of rotatable bonds is 4. The summed E-state index contributed by atoms with van der Waals surface area (Å²) in [5, 5.41) is 10.0. The maximum absolute atomic E-state index is 10.0. The first kappa shape index (κ1) is 17.1. The van der Waals surface area contributed by atoms with Crippen LogP contribution in [0.1, 0.15) is 30.0 Å². The van der Waals surface area contributed by atoms with Crippen molar-refractivity contribution in [3.05, 3.63) is 113 Å². The van der Waals surface area contributed by atoms with Gasteiger partial charge >= 0.3 is 0 Å². The second kappa shape index (κ2) is 7.13. The zero-order chi connectivity index (χ0) is 18.7. The number of nitrogens with zero attached hydrogens (tertiary/aromatic N) is 1. The van der Waals surface area contributed by atoms with E-state index in [1.807, 2.05) is 66.7 Å². The van der Waals surface area contributed by atoms with Gasteiger partial charge in [0.15, 0.2) is 5.60 Å². The minimum atomic E-state index is -0.701. The lowest BCUT2D eigenvalue weighted by molar-refractivity contribution is 0.0569. The summed E-state index contributed by atoms with van der Waals surface area (Å²) in [6.07, 6.45) is 0.809. The summed E-state index contributed by atoms with van der Waals surface area (Å²) < 4.78 is 6.77. The Hall–Kier alpha value is -3.31. The maximum atomic E-state index is 10.0. The van der Waals surface area contributed by atoms with Crippen LogP contribution in [0.3, 0.4) is 0 Å². The van der Waals surface area contributed by atoms with Crippen molar-refractivity contribution in [2.75, 3.05) is 0 Å². The monoisotopic (exact) mass is 351 g/mol. The van der Waals surface area contributed by atoms with E-state index in [4.69, 9.17) is 4.74 Å². The van der Waals surface area contributed by atoms with E-state index in [1.54, 1.807) is 0 Å². The van der Waals surface area contributed by atoms with Crippen LogP contribution in [0.5, 0.6) is 0 Å². The van der Waals surface area contributed by atoms with E-state index in [9.17, 15) is 5.26 Å². The first-order chi connectivity index (χ1) is 13.3. The van der Waals surface area contributed by atoms with Crippen LogP contribution in [-0.2, 0) is 10.3 Å². The van der Waals surface area contributed by atoms with Gasteiger partial charge in [0.25, 0.3) is 0 Å². The topological polar surface area (TPSA) is 33.0 Å². The second-order valence-electron chi connectivity index (χ2n) is 6.75. The Morgan fingerprint density at radius 2 is 1.30 bits per heavy atom. The van der Waals surface area contributed by atoms with Gasteiger partial charge in [0, 0.05) is 22.6 Å². The van der Waals surface area contributed by atoms with Gasteiger partial charge < -0.3 is 4.74 Å². The third-order valence-electron chi connectivity index (χ3n) is 5.32. The molecule has 1 heterocycles. The van der Waals surface area contributed by atoms with E-state index in [1.165, 1.54) is 0 Å². The van der Waals surface area contributed by atoms with Gasteiger partial charge in [-0.2, -0.15) is 5.26 Å². The summed E-state index contributed by atoms with van der Waals surface area (Å²) in [6.45, 7) is 2.12. The predicted octanol–water partition coefficient (Wildman–Crippen LogP) is 5.92. The van der Waals surface area contributed by atoms with Crippen molar-refractivity contribution in [1.29, 1.82) is 5.26 Å². The molecule has 0 saturated heterocycles. The molecular weight excluding hydrogens is 330 g/mol. The smallest absolute Gasteiger partial charge is 0.167 e. The number of ether oxygens (including phenoxy) is 1. The largest absolute Gasteiger partial charge is 0.475 e. The Bertz CT molecular complexity index is 945. The molecule has 0 bridgehead atoms. The third-order valence-corrected chi connectivity index (χ3v) is 5.32. The van der Waals surface area contributed by atoms with Gasteiger partial charge in [-0.05, 0) is 6.42 Å². The quantitative estimate of drug-likeness (QED) is 0.584. The highest BCUT2D eigenvalue weighted by Crippen LogP contribution is 2.54. The number of nitriles is 1. The Morgan fingerprint density at radius 3 is 1.74 bits per heavy atom. The van der Waals surface area contributed by atoms with Crippen molar-refractivity contribution in [2.24, 2.45) is 5.92 Å². The standard InChI is InChI=1S/C25H21NO/c1-2-23-22(18-26)24(19-12-6-3-7-13-19)27-25(23,20-14-8-4-9-15-20)21-16-10-5-11-17-21/h3-17,23H,2H2,1H3. The molecule has 3 aromatic rings. The summed E-state index contributed by atoms with van der Waals surface area (Å²) in [5.74, 6) is 0.639. The highest BCUT2D eigenvalue weighted by molar-refractivity contribution is 5.72. The van der Waals surface area contributed by atoms with Crippen LogP contribution < -0.4 is 0 Å². The highest BCUT2D eigenvalue weighted by Gasteiger charge is 2.52. The summed E-state index contributed by atoms with van der Waals surface area (Å²) >= 11 is 0. The molecule has 2 nitrogen and oxygen atoms in total. The lowest BCUT2D eigenvalue weighted by Gasteiger charge is -2.36. The van der Waals surface area contributed by atoms with E-state index in [-0.39, 0.29) is 5.92 Å². The van der Waals surface area contributed by atoms with Crippen molar-refractivity contribution >= 4 is 5.76 Å². The van der Waals surface area contributed by atoms with Crippen molar-refractivity contribution in [3.8, 4) is 6.07 Å².